The van der Waals surface area contributed by atoms with Gasteiger partial charge in [0.15, 0.2) is 0 Å². The lowest BCUT2D eigenvalue weighted by molar-refractivity contribution is 0.0737. The number of likely N-dealkylation sites (tertiary alicyclic amines) is 1. The molecule has 3 aliphatic rings. The van der Waals surface area contributed by atoms with E-state index in [4.69, 9.17) is 4.74 Å². The van der Waals surface area contributed by atoms with Crippen molar-refractivity contribution in [2.45, 2.75) is 51.4 Å². The molecule has 5 atom stereocenters. The van der Waals surface area contributed by atoms with Crippen molar-refractivity contribution in [3.05, 3.63) is 35.4 Å². The van der Waals surface area contributed by atoms with E-state index in [0.29, 0.717) is 24.0 Å². The van der Waals surface area contributed by atoms with E-state index in [1.165, 1.54) is 24.0 Å². The van der Waals surface area contributed by atoms with E-state index in [1.807, 2.05) is 4.90 Å². The maximum atomic E-state index is 12.7. The number of rotatable bonds is 3. The number of carbonyl (C=O) groups excluding carboxylic acids is 1. The number of nitrogens with one attached hydrogen (secondary N) is 1. The number of benzene rings is 1. The third kappa shape index (κ3) is 2.63. The van der Waals surface area contributed by atoms with Crippen LogP contribution in [0.4, 0.5) is 4.79 Å². The molecule has 0 saturated carbocycles. The number of hydrogen-bond acceptors (Lipinski definition) is 2. The summed E-state index contributed by atoms with van der Waals surface area (Å²) in [6.45, 7) is 5.93. The van der Waals surface area contributed by atoms with Crippen molar-refractivity contribution in [1.29, 1.82) is 0 Å². The van der Waals surface area contributed by atoms with Crippen LogP contribution >= 0.6 is 0 Å². The molecule has 23 heavy (non-hydrogen) atoms. The summed E-state index contributed by atoms with van der Waals surface area (Å²) in [6.07, 6.45) is 4.08. The Balaban J connectivity index is 1.40. The third-order valence-electron chi connectivity index (χ3n) is 5.93. The first-order valence-electron chi connectivity index (χ1n) is 8.93. The zero-order valence-electron chi connectivity index (χ0n) is 14.0. The first-order valence-corrected chi connectivity index (χ1v) is 8.93. The molecule has 4 nitrogen and oxygen atoms in total. The highest BCUT2D eigenvalue weighted by molar-refractivity contribution is 5.75. The van der Waals surface area contributed by atoms with Gasteiger partial charge in [0.05, 0.1) is 18.2 Å². The number of urea groups is 1. The molecule has 2 bridgehead atoms. The molecule has 4 rings (SSSR count). The topological polar surface area (TPSA) is 41.6 Å². The van der Waals surface area contributed by atoms with Crippen molar-refractivity contribution < 1.29 is 9.53 Å². The zero-order chi connectivity index (χ0) is 16.0. The van der Waals surface area contributed by atoms with Crippen molar-refractivity contribution in [2.24, 2.45) is 11.8 Å². The molecular weight excluding hydrogens is 288 g/mol. The van der Waals surface area contributed by atoms with Crippen molar-refractivity contribution in [2.75, 3.05) is 13.1 Å². The summed E-state index contributed by atoms with van der Waals surface area (Å²) in [5, 5.41) is 3.23. The second kappa shape index (κ2) is 5.82. The standard InChI is InChI=1S/C19H26N2O2/c1-3-16(13-6-4-12(2)5-7-13)20-19(22)21-10-14-15(11-21)18-9-8-17(14)23-18/h4-7,14-18H,3,8-11H2,1-2H3,(H,20,22). The van der Waals surface area contributed by atoms with Crippen molar-refractivity contribution in [3.63, 3.8) is 0 Å². The van der Waals surface area contributed by atoms with Gasteiger partial charge in [0.2, 0.25) is 0 Å². The SMILES string of the molecule is CCC(NC(=O)N1CC2C3CCC(O3)C2C1)c1ccc(C)cc1. The fourth-order valence-electron chi connectivity index (χ4n) is 4.59. The number of aryl methyl sites for hydroxylation is 1. The minimum absolute atomic E-state index is 0.0891. The molecule has 1 aromatic carbocycles. The number of ether oxygens (including phenoxy) is 1. The number of nitrogens with zero attached hydrogens (tertiary/aromatic N) is 1. The number of fused-ring (bicyclic) bond motifs is 5. The number of carbonyl (C=O) groups is 1. The lowest BCUT2D eigenvalue weighted by Gasteiger charge is -2.24. The van der Waals surface area contributed by atoms with Gasteiger partial charge in [-0.05, 0) is 31.7 Å². The molecule has 4 heteroatoms. The summed E-state index contributed by atoms with van der Waals surface area (Å²) < 4.78 is 5.99. The van der Waals surface area contributed by atoms with E-state index in [1.54, 1.807) is 0 Å². The van der Waals surface area contributed by atoms with Crippen LogP contribution in [-0.2, 0) is 4.74 Å². The maximum Gasteiger partial charge on any atom is 0.317 e. The summed E-state index contributed by atoms with van der Waals surface area (Å²) in [5.41, 5.74) is 2.44. The molecule has 3 aliphatic heterocycles. The molecule has 3 heterocycles. The second-order valence-electron chi connectivity index (χ2n) is 7.34. The Hall–Kier alpha value is -1.55. The van der Waals surface area contributed by atoms with Crippen molar-refractivity contribution in [3.8, 4) is 0 Å². The van der Waals surface area contributed by atoms with Crippen LogP contribution in [0.15, 0.2) is 24.3 Å². The molecule has 0 aromatic heterocycles. The lowest BCUT2D eigenvalue weighted by atomic mass is 9.82. The molecular formula is C19H26N2O2. The first kappa shape index (κ1) is 15.0. The van der Waals surface area contributed by atoms with Crippen LogP contribution in [0.25, 0.3) is 0 Å². The van der Waals surface area contributed by atoms with Crippen LogP contribution in [0, 0.1) is 18.8 Å². The largest absolute Gasteiger partial charge is 0.374 e. The molecule has 1 aromatic rings. The quantitative estimate of drug-likeness (QED) is 0.930. The van der Waals surface area contributed by atoms with E-state index < -0.39 is 0 Å². The highest BCUT2D eigenvalue weighted by Gasteiger charge is 2.53. The summed E-state index contributed by atoms with van der Waals surface area (Å²) in [4.78, 5) is 14.7. The van der Waals surface area contributed by atoms with Crippen LogP contribution in [0.3, 0.4) is 0 Å². The second-order valence-corrected chi connectivity index (χ2v) is 7.34. The van der Waals surface area contributed by atoms with Gasteiger partial charge in [0.25, 0.3) is 0 Å². The van der Waals surface area contributed by atoms with Crippen LogP contribution in [-0.4, -0.2) is 36.2 Å². The molecule has 0 aliphatic carbocycles. The van der Waals surface area contributed by atoms with E-state index in [9.17, 15) is 4.79 Å². The van der Waals surface area contributed by atoms with E-state index in [0.717, 1.165) is 19.5 Å². The van der Waals surface area contributed by atoms with Gasteiger partial charge >= 0.3 is 6.03 Å². The predicted octanol–water partition coefficient (Wildman–Crippen LogP) is 3.26. The third-order valence-corrected chi connectivity index (χ3v) is 5.93. The fourth-order valence-corrected chi connectivity index (χ4v) is 4.59. The first-order chi connectivity index (χ1) is 11.2. The van der Waals surface area contributed by atoms with Gasteiger partial charge in [-0.1, -0.05) is 36.8 Å². The predicted molar refractivity (Wildman–Crippen MR) is 89.2 cm³/mol. The summed E-state index contributed by atoms with van der Waals surface area (Å²) in [7, 11) is 0. The Morgan fingerprint density at radius 3 is 2.39 bits per heavy atom. The smallest absolute Gasteiger partial charge is 0.317 e. The Bertz CT molecular complexity index is 568. The average Bonchev–Trinajstić information content (AvgIpc) is 3.25. The van der Waals surface area contributed by atoms with Gasteiger partial charge < -0.3 is 15.0 Å². The van der Waals surface area contributed by atoms with Crippen LogP contribution in [0.2, 0.25) is 0 Å². The molecule has 3 saturated heterocycles. The summed E-state index contributed by atoms with van der Waals surface area (Å²) in [5.74, 6) is 1.14. The molecule has 3 fully saturated rings. The van der Waals surface area contributed by atoms with E-state index >= 15 is 0 Å². The van der Waals surface area contributed by atoms with Crippen LogP contribution < -0.4 is 5.32 Å². The number of hydrogen-bond donors (Lipinski definition) is 1. The zero-order valence-corrected chi connectivity index (χ0v) is 14.0. The highest BCUT2D eigenvalue weighted by Crippen LogP contribution is 2.47. The Labute approximate surface area is 138 Å². The van der Waals surface area contributed by atoms with E-state index in [-0.39, 0.29) is 12.1 Å². The molecule has 2 amide bonds. The maximum absolute atomic E-state index is 12.7. The van der Waals surface area contributed by atoms with Gasteiger partial charge in [0.1, 0.15) is 0 Å². The van der Waals surface area contributed by atoms with Gasteiger partial charge in [0, 0.05) is 24.9 Å². The normalized spacial score (nSPS) is 32.9. The van der Waals surface area contributed by atoms with Gasteiger partial charge in [-0.15, -0.1) is 0 Å². The average molecular weight is 314 g/mol. The summed E-state index contributed by atoms with van der Waals surface area (Å²) in [6, 6.07) is 8.65. The van der Waals surface area contributed by atoms with Gasteiger partial charge in [-0.2, -0.15) is 0 Å². The van der Waals surface area contributed by atoms with Crippen molar-refractivity contribution >= 4 is 6.03 Å². The molecule has 0 radical (unpaired) electrons. The lowest BCUT2D eigenvalue weighted by Crippen LogP contribution is -2.41. The van der Waals surface area contributed by atoms with Crippen LogP contribution in [0.1, 0.15) is 43.4 Å². The van der Waals surface area contributed by atoms with Crippen LogP contribution in [0.5, 0.6) is 0 Å². The molecule has 1 N–H and O–H groups in total. The monoisotopic (exact) mass is 314 g/mol. The minimum atomic E-state index is 0.0891. The van der Waals surface area contributed by atoms with Crippen molar-refractivity contribution in [1.82, 2.24) is 10.2 Å². The van der Waals surface area contributed by atoms with Gasteiger partial charge in [-0.25, -0.2) is 4.79 Å². The minimum Gasteiger partial charge on any atom is -0.374 e. The Morgan fingerprint density at radius 2 is 1.83 bits per heavy atom. The summed E-state index contributed by atoms with van der Waals surface area (Å²) >= 11 is 0. The molecule has 5 unspecified atom stereocenters. The molecule has 0 spiro atoms. The molecule has 124 valence electrons. The Morgan fingerprint density at radius 1 is 1.22 bits per heavy atom. The fraction of sp³-hybridized carbons (Fsp3) is 0.632. The number of amides is 2. The van der Waals surface area contributed by atoms with Gasteiger partial charge in [-0.3, -0.25) is 0 Å². The van der Waals surface area contributed by atoms with E-state index in [2.05, 4.69) is 43.4 Å². The highest BCUT2D eigenvalue weighted by atomic mass is 16.5. The Kier molecular flexibility index (Phi) is 3.80.